The Labute approximate surface area is 120 Å². The third-order valence-electron chi connectivity index (χ3n) is 3.48. The molecule has 104 valence electrons. The number of hydrogen-bond acceptors (Lipinski definition) is 2. The zero-order valence-electron chi connectivity index (χ0n) is 12.1. The van der Waals surface area contributed by atoms with E-state index in [9.17, 15) is 0 Å². The molecule has 19 heavy (non-hydrogen) atoms. The minimum Gasteiger partial charge on any atom is -0.324 e. The van der Waals surface area contributed by atoms with E-state index in [1.165, 1.54) is 6.42 Å². The van der Waals surface area contributed by atoms with E-state index in [-0.39, 0.29) is 5.38 Å². The van der Waals surface area contributed by atoms with E-state index >= 15 is 0 Å². The second-order valence-corrected chi connectivity index (χ2v) is 6.30. The lowest BCUT2D eigenvalue weighted by atomic mass is 10.0. The molecule has 2 aromatic rings. The lowest BCUT2D eigenvalue weighted by Crippen LogP contribution is -2.10. The van der Waals surface area contributed by atoms with E-state index in [1.807, 2.05) is 25.4 Å². The summed E-state index contributed by atoms with van der Waals surface area (Å²) in [6.07, 6.45) is 5.98. The van der Waals surface area contributed by atoms with Crippen molar-refractivity contribution in [2.24, 2.45) is 5.92 Å². The van der Waals surface area contributed by atoms with Gasteiger partial charge in [-0.05, 0) is 38.7 Å². The van der Waals surface area contributed by atoms with Crippen LogP contribution in [0.3, 0.4) is 0 Å². The fourth-order valence-electron chi connectivity index (χ4n) is 2.42. The molecule has 2 heterocycles. The number of halogens is 1. The average molecular weight is 280 g/mol. The first-order valence-electron chi connectivity index (χ1n) is 6.96. The van der Waals surface area contributed by atoms with Crippen LogP contribution < -0.4 is 0 Å². The first-order chi connectivity index (χ1) is 9.00. The van der Waals surface area contributed by atoms with Gasteiger partial charge < -0.3 is 4.57 Å². The Hall–Kier alpha value is -1.09. The summed E-state index contributed by atoms with van der Waals surface area (Å²) in [6, 6.07) is 2.43. The highest BCUT2D eigenvalue weighted by Gasteiger charge is 2.19. The van der Waals surface area contributed by atoms with Crippen LogP contribution in [0.15, 0.2) is 18.5 Å². The Bertz CT molecular complexity index is 545. The van der Waals surface area contributed by atoms with Crippen molar-refractivity contribution in [1.29, 1.82) is 0 Å². The monoisotopic (exact) mass is 279 g/mol. The van der Waals surface area contributed by atoms with Crippen LogP contribution in [0.25, 0.3) is 11.0 Å². The van der Waals surface area contributed by atoms with Gasteiger partial charge in [-0.1, -0.05) is 13.8 Å². The third-order valence-corrected chi connectivity index (χ3v) is 3.67. The van der Waals surface area contributed by atoms with E-state index in [1.54, 1.807) is 0 Å². The van der Waals surface area contributed by atoms with Crippen molar-refractivity contribution in [3.63, 3.8) is 0 Å². The lowest BCUT2D eigenvalue weighted by Gasteiger charge is -2.19. The topological polar surface area (TPSA) is 30.7 Å². The summed E-state index contributed by atoms with van der Waals surface area (Å²) < 4.78 is 2.27. The van der Waals surface area contributed by atoms with Crippen molar-refractivity contribution >= 4 is 22.6 Å². The Morgan fingerprint density at radius 2 is 1.95 bits per heavy atom. The molecule has 0 spiro atoms. The van der Waals surface area contributed by atoms with Crippen LogP contribution in [0, 0.1) is 5.92 Å². The van der Waals surface area contributed by atoms with E-state index < -0.39 is 0 Å². The van der Waals surface area contributed by atoms with E-state index in [0.717, 1.165) is 29.2 Å². The minimum atomic E-state index is -0.0890. The molecule has 0 fully saturated rings. The number of fused-ring (bicyclic) bond motifs is 1. The predicted octanol–water partition coefficient (Wildman–Crippen LogP) is 4.73. The van der Waals surface area contributed by atoms with Crippen LogP contribution >= 0.6 is 11.6 Å². The molecule has 0 saturated carbocycles. The normalized spacial score (nSPS) is 15.1. The Morgan fingerprint density at radius 1 is 1.21 bits per heavy atom. The number of nitrogens with zero attached hydrogens (tertiary/aromatic N) is 3. The van der Waals surface area contributed by atoms with Gasteiger partial charge in [0.05, 0.1) is 17.1 Å². The first-order valence-corrected chi connectivity index (χ1v) is 7.40. The largest absolute Gasteiger partial charge is 0.324 e. The Balaban J connectivity index is 2.41. The van der Waals surface area contributed by atoms with Crippen molar-refractivity contribution in [2.45, 2.75) is 52.0 Å². The molecule has 2 aromatic heterocycles. The maximum absolute atomic E-state index is 6.28. The first kappa shape index (κ1) is 14.3. The van der Waals surface area contributed by atoms with Gasteiger partial charge in [-0.3, -0.25) is 4.98 Å². The number of imidazole rings is 1. The summed E-state index contributed by atoms with van der Waals surface area (Å²) in [5, 5.41) is -0.0890. The van der Waals surface area contributed by atoms with Crippen LogP contribution in [0.1, 0.15) is 57.8 Å². The van der Waals surface area contributed by atoms with Crippen molar-refractivity contribution in [2.75, 3.05) is 0 Å². The fraction of sp³-hybridized carbons (Fsp3) is 0.600. The van der Waals surface area contributed by atoms with Crippen LogP contribution in [0.2, 0.25) is 0 Å². The quantitative estimate of drug-likeness (QED) is 0.741. The second kappa shape index (κ2) is 5.91. The molecule has 4 heteroatoms. The lowest BCUT2D eigenvalue weighted by molar-refractivity contribution is 0.437. The van der Waals surface area contributed by atoms with Gasteiger partial charge in [-0.25, -0.2) is 4.98 Å². The predicted molar refractivity (Wildman–Crippen MR) is 80.6 cm³/mol. The summed E-state index contributed by atoms with van der Waals surface area (Å²) in [5.41, 5.74) is 2.06. The van der Waals surface area contributed by atoms with Gasteiger partial charge in [0, 0.05) is 12.2 Å². The fourth-order valence-corrected chi connectivity index (χ4v) is 2.57. The number of pyridine rings is 1. The molecule has 0 aromatic carbocycles. The van der Waals surface area contributed by atoms with Crippen molar-refractivity contribution in [1.82, 2.24) is 14.5 Å². The maximum Gasteiger partial charge on any atom is 0.128 e. The zero-order chi connectivity index (χ0) is 14.0. The SMILES string of the molecule is CC(C)CCC(C)n1c(C(C)Cl)nc2cnccc21. The molecule has 2 rings (SSSR count). The molecule has 0 aliphatic rings. The van der Waals surface area contributed by atoms with Gasteiger partial charge in [0.2, 0.25) is 0 Å². The summed E-state index contributed by atoms with van der Waals surface area (Å²) in [7, 11) is 0. The molecule has 3 nitrogen and oxygen atoms in total. The van der Waals surface area contributed by atoms with Gasteiger partial charge in [-0.15, -0.1) is 11.6 Å². The molecular formula is C15H22ClN3. The highest BCUT2D eigenvalue weighted by Crippen LogP contribution is 2.29. The molecule has 0 N–H and O–H groups in total. The number of rotatable bonds is 5. The third kappa shape index (κ3) is 3.08. The highest BCUT2D eigenvalue weighted by atomic mass is 35.5. The number of alkyl halides is 1. The summed E-state index contributed by atoms with van der Waals surface area (Å²) >= 11 is 6.28. The Kier molecular flexibility index (Phi) is 4.46. The van der Waals surface area contributed by atoms with Crippen LogP contribution in [-0.4, -0.2) is 14.5 Å². The van der Waals surface area contributed by atoms with Crippen molar-refractivity contribution in [3.8, 4) is 0 Å². The molecule has 2 unspecified atom stereocenters. The second-order valence-electron chi connectivity index (χ2n) is 5.64. The van der Waals surface area contributed by atoms with Crippen molar-refractivity contribution < 1.29 is 0 Å². The van der Waals surface area contributed by atoms with Crippen LogP contribution in [0.4, 0.5) is 0 Å². The van der Waals surface area contributed by atoms with Gasteiger partial charge in [0.25, 0.3) is 0 Å². The smallest absolute Gasteiger partial charge is 0.128 e. The minimum absolute atomic E-state index is 0.0890. The van der Waals surface area contributed by atoms with Gasteiger partial charge in [-0.2, -0.15) is 0 Å². The van der Waals surface area contributed by atoms with Crippen molar-refractivity contribution in [3.05, 3.63) is 24.3 Å². The molecule has 0 bridgehead atoms. The molecule has 0 amide bonds. The average Bonchev–Trinajstić information content (AvgIpc) is 2.75. The molecule has 0 aliphatic heterocycles. The van der Waals surface area contributed by atoms with Gasteiger partial charge in [0.1, 0.15) is 11.3 Å². The molecule has 0 aliphatic carbocycles. The molecule has 0 saturated heterocycles. The Morgan fingerprint density at radius 3 is 2.58 bits per heavy atom. The standard InChI is InChI=1S/C15H22ClN3/c1-10(2)5-6-11(3)19-14-7-8-17-9-13(14)18-15(19)12(4)16/h7-12H,5-6H2,1-4H3. The summed E-state index contributed by atoms with van der Waals surface area (Å²) in [4.78, 5) is 8.77. The van der Waals surface area contributed by atoms with Crippen LogP contribution in [0.5, 0.6) is 0 Å². The molecule has 0 radical (unpaired) electrons. The van der Waals surface area contributed by atoms with Gasteiger partial charge in [0.15, 0.2) is 0 Å². The van der Waals surface area contributed by atoms with E-state index in [0.29, 0.717) is 6.04 Å². The number of aromatic nitrogens is 3. The zero-order valence-corrected chi connectivity index (χ0v) is 12.9. The van der Waals surface area contributed by atoms with E-state index in [2.05, 4.69) is 35.3 Å². The van der Waals surface area contributed by atoms with Crippen LogP contribution in [-0.2, 0) is 0 Å². The van der Waals surface area contributed by atoms with E-state index in [4.69, 9.17) is 11.6 Å². The molecular weight excluding hydrogens is 258 g/mol. The maximum atomic E-state index is 6.28. The number of hydrogen-bond donors (Lipinski definition) is 0. The summed E-state index contributed by atoms with van der Waals surface area (Å²) in [6.45, 7) is 8.73. The summed E-state index contributed by atoms with van der Waals surface area (Å²) in [5.74, 6) is 1.66. The molecule has 2 atom stereocenters. The van der Waals surface area contributed by atoms with Gasteiger partial charge >= 0.3 is 0 Å². The highest BCUT2D eigenvalue weighted by molar-refractivity contribution is 6.20.